The van der Waals surface area contributed by atoms with E-state index in [1.165, 1.54) is 0 Å². The van der Waals surface area contributed by atoms with Gasteiger partial charge in [-0.3, -0.25) is 4.79 Å². The minimum atomic E-state index is -1.95. The van der Waals surface area contributed by atoms with Crippen LogP contribution in [0.25, 0.3) is 0 Å². The third kappa shape index (κ3) is 4.33. The van der Waals surface area contributed by atoms with E-state index in [1.54, 1.807) is 0 Å². The van der Waals surface area contributed by atoms with Gasteiger partial charge in [-0.15, -0.1) is 11.6 Å². The van der Waals surface area contributed by atoms with Gasteiger partial charge in [-0.05, 0) is 18.6 Å². The molecule has 0 aromatic heterocycles. The molecule has 1 unspecified atom stereocenters. The van der Waals surface area contributed by atoms with Gasteiger partial charge in [0, 0.05) is 12.3 Å². The van der Waals surface area contributed by atoms with Gasteiger partial charge in [0.2, 0.25) is 5.91 Å². The summed E-state index contributed by atoms with van der Waals surface area (Å²) in [5, 5.41) is 2.90. The molecule has 112 valence electrons. The number of rotatable bonds is 7. The number of para-hydroxylation sites is 1. The normalized spacial score (nSPS) is 14.7. The first-order valence-electron chi connectivity index (χ1n) is 6.94. The Kier molecular flexibility index (Phi) is 6.24. The van der Waals surface area contributed by atoms with Crippen LogP contribution < -0.4 is 5.32 Å². The summed E-state index contributed by atoms with van der Waals surface area (Å²) < 4.78 is 4.61. The van der Waals surface area contributed by atoms with Gasteiger partial charge in [-0.25, -0.2) is 0 Å². The Morgan fingerprint density at radius 2 is 1.90 bits per heavy atom. The summed E-state index contributed by atoms with van der Waals surface area (Å²) in [5.41, 5.74) is 0.760. The van der Waals surface area contributed by atoms with Gasteiger partial charge in [-0.1, -0.05) is 44.8 Å². The lowest BCUT2D eigenvalue weighted by Gasteiger charge is -2.36. The molecule has 1 atom stereocenters. The van der Waals surface area contributed by atoms with Crippen molar-refractivity contribution in [2.45, 2.75) is 37.5 Å². The first kappa shape index (κ1) is 17.2. The average Bonchev–Trinajstić information content (AvgIpc) is 2.38. The second-order valence-corrected chi connectivity index (χ2v) is 12.2. The minimum Gasteiger partial charge on any atom is -0.379 e. The first-order chi connectivity index (χ1) is 9.31. The zero-order valence-corrected chi connectivity index (χ0v) is 14.5. The van der Waals surface area contributed by atoms with E-state index in [4.69, 9.17) is 16.3 Å². The monoisotopic (exact) mass is 313 g/mol. The molecule has 0 spiro atoms. The summed E-state index contributed by atoms with van der Waals surface area (Å²) in [4.78, 5) is 12.6. The molecule has 1 N–H and O–H groups in total. The highest BCUT2D eigenvalue weighted by Gasteiger charge is 2.48. The average molecular weight is 314 g/mol. The van der Waals surface area contributed by atoms with Gasteiger partial charge in [0.05, 0.1) is 14.7 Å². The molecule has 0 aliphatic heterocycles. The van der Waals surface area contributed by atoms with Gasteiger partial charge >= 0.3 is 0 Å². The molecule has 0 aliphatic rings. The van der Waals surface area contributed by atoms with Crippen LogP contribution in [0.3, 0.4) is 0 Å². The molecule has 1 amide bonds. The van der Waals surface area contributed by atoms with Crippen molar-refractivity contribution in [3.8, 4) is 0 Å². The Morgan fingerprint density at radius 1 is 1.30 bits per heavy atom. The van der Waals surface area contributed by atoms with Crippen LogP contribution in [-0.2, 0) is 9.53 Å². The highest BCUT2D eigenvalue weighted by molar-refractivity contribution is 6.90. The maximum absolute atomic E-state index is 12.6. The molecule has 5 heteroatoms. The molecule has 0 fully saturated rings. The molecule has 3 nitrogen and oxygen atoms in total. The van der Waals surface area contributed by atoms with E-state index in [0.29, 0.717) is 6.61 Å². The number of halogens is 1. The van der Waals surface area contributed by atoms with Crippen LogP contribution in [0.2, 0.25) is 19.6 Å². The Morgan fingerprint density at radius 3 is 2.40 bits per heavy atom. The number of alkyl halides is 1. The van der Waals surface area contributed by atoms with Crippen LogP contribution >= 0.6 is 11.6 Å². The number of hydrogen-bond donors (Lipinski definition) is 1. The molecule has 0 radical (unpaired) electrons. The third-order valence-electron chi connectivity index (χ3n) is 3.23. The number of anilines is 1. The van der Waals surface area contributed by atoms with E-state index in [0.717, 1.165) is 12.1 Å². The fourth-order valence-electron chi connectivity index (χ4n) is 1.73. The lowest BCUT2D eigenvalue weighted by Crippen LogP contribution is -2.59. The van der Waals surface area contributed by atoms with Crippen molar-refractivity contribution < 1.29 is 9.53 Å². The van der Waals surface area contributed by atoms with Crippen LogP contribution in [0.4, 0.5) is 5.69 Å². The minimum absolute atomic E-state index is 0.166. The van der Waals surface area contributed by atoms with E-state index in [1.807, 2.05) is 37.3 Å². The number of ether oxygens (including phenoxy) is 1. The second kappa shape index (κ2) is 7.25. The predicted octanol–water partition coefficient (Wildman–Crippen LogP) is 3.91. The van der Waals surface area contributed by atoms with Gasteiger partial charge in [-0.2, -0.15) is 0 Å². The van der Waals surface area contributed by atoms with Crippen LogP contribution in [0.5, 0.6) is 0 Å². The zero-order chi connectivity index (χ0) is 15.2. The molecule has 0 saturated heterocycles. The number of carbonyl (C=O) groups is 1. The summed E-state index contributed by atoms with van der Waals surface area (Å²) >= 11 is 6.68. The molecule has 0 heterocycles. The Bertz CT molecular complexity index is 433. The number of hydrogen-bond acceptors (Lipinski definition) is 2. The van der Waals surface area contributed by atoms with Crippen molar-refractivity contribution in [2.24, 2.45) is 0 Å². The van der Waals surface area contributed by atoms with E-state index in [-0.39, 0.29) is 12.5 Å². The number of nitrogens with one attached hydrogen (secondary N) is 1. The highest BCUT2D eigenvalue weighted by atomic mass is 35.5. The second-order valence-electron chi connectivity index (χ2n) is 5.92. The topological polar surface area (TPSA) is 38.3 Å². The van der Waals surface area contributed by atoms with Crippen molar-refractivity contribution in [1.82, 2.24) is 0 Å². The summed E-state index contributed by atoms with van der Waals surface area (Å²) in [6.07, 6.45) is 0.916. The molecule has 0 bridgehead atoms. The van der Waals surface area contributed by atoms with Crippen molar-refractivity contribution in [1.29, 1.82) is 0 Å². The van der Waals surface area contributed by atoms with Crippen LogP contribution in [0.1, 0.15) is 13.3 Å². The molecule has 1 aromatic carbocycles. The standard InChI is InChI=1S/C15H24ClNO2Si/c1-5-11-19-12-15(16,20(2,3)4)14(18)17-13-9-7-6-8-10-13/h6-10H,5,11-12H2,1-4H3,(H,17,18). The van der Waals surface area contributed by atoms with Crippen LogP contribution in [0.15, 0.2) is 30.3 Å². The van der Waals surface area contributed by atoms with Crippen molar-refractivity contribution in [3.63, 3.8) is 0 Å². The summed E-state index contributed by atoms with van der Waals surface area (Å²) in [6.45, 7) is 9.17. The van der Waals surface area contributed by atoms with Crippen LogP contribution in [-0.4, -0.2) is 31.7 Å². The van der Waals surface area contributed by atoms with Crippen molar-refractivity contribution >= 4 is 31.3 Å². The number of amides is 1. The number of carbonyl (C=O) groups excluding carboxylic acids is 1. The molecular formula is C15H24ClNO2Si. The molecule has 20 heavy (non-hydrogen) atoms. The third-order valence-corrected chi connectivity index (χ3v) is 7.96. The molecule has 0 saturated carbocycles. The summed E-state index contributed by atoms with van der Waals surface area (Å²) in [7, 11) is -1.95. The smallest absolute Gasteiger partial charge is 0.244 e. The lowest BCUT2D eigenvalue weighted by molar-refractivity contribution is -0.118. The van der Waals surface area contributed by atoms with E-state index in [9.17, 15) is 4.79 Å². The predicted molar refractivity (Wildman–Crippen MR) is 88.1 cm³/mol. The van der Waals surface area contributed by atoms with Gasteiger partial charge in [0.15, 0.2) is 0 Å². The van der Waals surface area contributed by atoms with Gasteiger partial charge in [0.25, 0.3) is 0 Å². The first-order valence-corrected chi connectivity index (χ1v) is 10.8. The maximum Gasteiger partial charge on any atom is 0.244 e. The number of benzene rings is 1. The Hall–Kier alpha value is -0.843. The summed E-state index contributed by atoms with van der Waals surface area (Å²) in [6, 6.07) is 9.38. The summed E-state index contributed by atoms with van der Waals surface area (Å²) in [5.74, 6) is -0.166. The fourth-order valence-corrected chi connectivity index (χ4v) is 3.13. The molecule has 0 aliphatic carbocycles. The zero-order valence-electron chi connectivity index (χ0n) is 12.7. The fraction of sp³-hybridized carbons (Fsp3) is 0.533. The van der Waals surface area contributed by atoms with Crippen molar-refractivity contribution in [2.75, 3.05) is 18.5 Å². The molecule has 1 rings (SSSR count). The van der Waals surface area contributed by atoms with E-state index in [2.05, 4.69) is 25.0 Å². The molecular weight excluding hydrogens is 290 g/mol. The van der Waals surface area contributed by atoms with Crippen molar-refractivity contribution in [3.05, 3.63) is 30.3 Å². The van der Waals surface area contributed by atoms with Crippen LogP contribution in [0, 0.1) is 0 Å². The largest absolute Gasteiger partial charge is 0.379 e. The maximum atomic E-state index is 12.6. The quantitative estimate of drug-likeness (QED) is 0.471. The molecule has 1 aromatic rings. The Labute approximate surface area is 127 Å². The van der Waals surface area contributed by atoms with Gasteiger partial charge in [0.1, 0.15) is 4.50 Å². The van der Waals surface area contributed by atoms with E-state index < -0.39 is 12.6 Å². The highest BCUT2D eigenvalue weighted by Crippen LogP contribution is 2.30. The lowest BCUT2D eigenvalue weighted by atomic mass is 10.3. The van der Waals surface area contributed by atoms with E-state index >= 15 is 0 Å². The van der Waals surface area contributed by atoms with Gasteiger partial charge < -0.3 is 10.1 Å². The Balaban J connectivity index is 2.85. The SMILES string of the molecule is CCCOCC(Cl)(C(=O)Nc1ccccc1)[Si](C)(C)C.